The highest BCUT2D eigenvalue weighted by Crippen LogP contribution is 2.26. The minimum absolute atomic E-state index is 0.0410. The molecule has 1 fully saturated rings. The van der Waals surface area contributed by atoms with Crippen molar-refractivity contribution in [2.24, 2.45) is 0 Å². The third-order valence-electron chi connectivity index (χ3n) is 5.62. The highest BCUT2D eigenvalue weighted by molar-refractivity contribution is 5.83. The van der Waals surface area contributed by atoms with Gasteiger partial charge in [0.15, 0.2) is 17.0 Å². The van der Waals surface area contributed by atoms with Crippen molar-refractivity contribution in [1.82, 2.24) is 24.4 Å². The molecule has 1 saturated heterocycles. The zero-order valence-electron chi connectivity index (χ0n) is 19.1. The first kappa shape index (κ1) is 23.8. The maximum Gasteiger partial charge on any atom is 0.320 e. The average Bonchev–Trinajstić information content (AvgIpc) is 3.24. The molecule has 1 aromatic carbocycles. The number of unbranched alkanes of at least 4 members (excludes halogenated alkanes) is 1. The topological polar surface area (TPSA) is 120 Å². The molecule has 4 rings (SSSR count). The number of anilines is 1. The van der Waals surface area contributed by atoms with Gasteiger partial charge in [0.1, 0.15) is 5.82 Å². The summed E-state index contributed by atoms with van der Waals surface area (Å²) in [7, 11) is 0. The van der Waals surface area contributed by atoms with E-state index in [1.807, 2.05) is 0 Å². The van der Waals surface area contributed by atoms with Crippen molar-refractivity contribution in [2.75, 3.05) is 51.3 Å². The van der Waals surface area contributed by atoms with Crippen LogP contribution >= 0.6 is 0 Å². The van der Waals surface area contributed by atoms with Crippen LogP contribution in [0.2, 0.25) is 0 Å². The Morgan fingerprint density at radius 2 is 2.12 bits per heavy atom. The van der Waals surface area contributed by atoms with E-state index in [1.54, 1.807) is 4.57 Å². The molecule has 3 aromatic rings. The fourth-order valence-corrected chi connectivity index (χ4v) is 3.74. The second-order valence-electron chi connectivity index (χ2n) is 7.98. The first-order valence-corrected chi connectivity index (χ1v) is 11.4. The minimum atomic E-state index is -0.659. The number of halogens is 1. The molecule has 0 aliphatic carbocycles. The first-order valence-electron chi connectivity index (χ1n) is 11.4. The number of aromatic nitrogens is 4. The van der Waals surface area contributed by atoms with Crippen LogP contribution in [0.15, 0.2) is 24.5 Å². The van der Waals surface area contributed by atoms with Crippen molar-refractivity contribution in [3.8, 4) is 6.01 Å². The summed E-state index contributed by atoms with van der Waals surface area (Å²) in [5.74, 6) is -0.153. The molecule has 12 heteroatoms. The lowest BCUT2D eigenvalue weighted by Gasteiger charge is -2.26. The molecule has 0 atom stereocenters. The molecule has 0 spiro atoms. The summed E-state index contributed by atoms with van der Waals surface area (Å²) < 4.78 is 27.2. The highest BCUT2D eigenvalue weighted by Gasteiger charge is 2.21. The number of rotatable bonds is 11. The van der Waals surface area contributed by atoms with Crippen LogP contribution in [0.1, 0.15) is 25.3 Å². The smallest absolute Gasteiger partial charge is 0.320 e. The number of hydrogen-bond donors (Lipinski definition) is 1. The zero-order chi connectivity index (χ0) is 23.9. The van der Waals surface area contributed by atoms with Gasteiger partial charge in [-0.15, -0.1) is 0 Å². The van der Waals surface area contributed by atoms with Gasteiger partial charge in [-0.1, -0.05) is 19.4 Å². The van der Waals surface area contributed by atoms with E-state index in [9.17, 15) is 14.5 Å². The van der Waals surface area contributed by atoms with Crippen molar-refractivity contribution < 1.29 is 18.8 Å². The maximum atomic E-state index is 14.5. The number of imidazole rings is 1. The van der Waals surface area contributed by atoms with Crippen LogP contribution in [0.25, 0.3) is 11.2 Å². The summed E-state index contributed by atoms with van der Waals surface area (Å²) in [6.45, 7) is 7.06. The van der Waals surface area contributed by atoms with Crippen molar-refractivity contribution in [2.45, 2.75) is 26.3 Å². The summed E-state index contributed by atoms with van der Waals surface area (Å²) in [5.41, 5.74) is 0.566. The molecule has 3 heterocycles. The predicted molar refractivity (Wildman–Crippen MR) is 124 cm³/mol. The van der Waals surface area contributed by atoms with Crippen LogP contribution in [0.5, 0.6) is 6.01 Å². The molecule has 2 aromatic heterocycles. The van der Waals surface area contributed by atoms with Gasteiger partial charge in [0, 0.05) is 32.2 Å². The van der Waals surface area contributed by atoms with E-state index >= 15 is 0 Å². The summed E-state index contributed by atoms with van der Waals surface area (Å²) in [5, 5.41) is 14.7. The number of morpholine rings is 1. The summed E-state index contributed by atoms with van der Waals surface area (Å²) >= 11 is 0. The van der Waals surface area contributed by atoms with Crippen LogP contribution in [0.4, 0.5) is 15.9 Å². The van der Waals surface area contributed by atoms with Crippen LogP contribution in [-0.2, 0) is 11.3 Å². The minimum Gasteiger partial charge on any atom is -0.463 e. The van der Waals surface area contributed by atoms with E-state index in [2.05, 4.69) is 32.1 Å². The van der Waals surface area contributed by atoms with E-state index in [-0.39, 0.29) is 23.8 Å². The molecule has 1 aliphatic heterocycles. The highest BCUT2D eigenvalue weighted by atomic mass is 19.1. The third-order valence-corrected chi connectivity index (χ3v) is 5.62. The largest absolute Gasteiger partial charge is 0.463 e. The van der Waals surface area contributed by atoms with Gasteiger partial charge in [0.25, 0.3) is 5.69 Å². The van der Waals surface area contributed by atoms with Crippen LogP contribution < -0.4 is 10.1 Å². The quantitative estimate of drug-likeness (QED) is 0.255. The molecular formula is C22H28FN7O4. The number of ether oxygens (including phenoxy) is 2. The Bertz CT molecular complexity index is 1130. The Labute approximate surface area is 196 Å². The fourth-order valence-electron chi connectivity index (χ4n) is 3.74. The predicted octanol–water partition coefficient (Wildman–Crippen LogP) is 2.84. The first-order chi connectivity index (χ1) is 16.6. The van der Waals surface area contributed by atoms with E-state index in [0.717, 1.165) is 45.7 Å². The number of benzene rings is 1. The molecule has 0 amide bonds. The van der Waals surface area contributed by atoms with Gasteiger partial charge in [-0.05, 0) is 12.5 Å². The molecule has 34 heavy (non-hydrogen) atoms. The number of fused-ring (bicyclic) bond motifs is 1. The molecule has 1 N–H and O–H groups in total. The van der Waals surface area contributed by atoms with Crippen molar-refractivity contribution in [3.05, 3.63) is 46.0 Å². The Morgan fingerprint density at radius 1 is 1.29 bits per heavy atom. The number of nitrogens with zero attached hydrogens (tertiary/aromatic N) is 6. The Balaban J connectivity index is 1.61. The van der Waals surface area contributed by atoms with Crippen molar-refractivity contribution in [1.29, 1.82) is 0 Å². The van der Waals surface area contributed by atoms with Gasteiger partial charge in [-0.3, -0.25) is 15.0 Å². The maximum absolute atomic E-state index is 14.5. The van der Waals surface area contributed by atoms with Gasteiger partial charge in [0.2, 0.25) is 0 Å². The van der Waals surface area contributed by atoms with Crippen molar-refractivity contribution >= 4 is 22.7 Å². The Hall–Kier alpha value is -3.38. The van der Waals surface area contributed by atoms with Crippen LogP contribution in [0.3, 0.4) is 0 Å². The van der Waals surface area contributed by atoms with E-state index in [1.165, 1.54) is 24.5 Å². The Morgan fingerprint density at radius 3 is 2.88 bits per heavy atom. The summed E-state index contributed by atoms with van der Waals surface area (Å²) in [4.78, 5) is 26.5. The summed E-state index contributed by atoms with van der Waals surface area (Å²) in [6, 6.07) is 3.99. The molecule has 0 radical (unpaired) electrons. The molecular weight excluding hydrogens is 445 g/mol. The Kier molecular flexibility index (Phi) is 7.80. The molecule has 1 aliphatic rings. The van der Waals surface area contributed by atoms with Crippen LogP contribution in [0, 0.1) is 15.9 Å². The normalized spacial score (nSPS) is 14.4. The molecule has 0 unspecified atom stereocenters. The second-order valence-corrected chi connectivity index (χ2v) is 7.98. The van der Waals surface area contributed by atoms with Gasteiger partial charge in [-0.2, -0.15) is 9.97 Å². The number of nitro groups is 1. The van der Waals surface area contributed by atoms with Gasteiger partial charge in [0.05, 0.1) is 43.2 Å². The molecule has 0 bridgehead atoms. The third kappa shape index (κ3) is 5.57. The number of nitro benzene ring substituents is 1. The fraction of sp³-hybridized carbons (Fsp3) is 0.500. The second kappa shape index (κ2) is 11.2. The standard InChI is InChI=1S/C22H28FN7O4/c1-2-3-11-34-22-26-20(24-7-8-28-9-12-33-13-10-28)19-21(27-22)29(15-25-19)14-16-17(23)5-4-6-18(16)30(31)32/h4-6,15H,2-3,7-14H2,1H3,(H,24,26,27). The van der Waals surface area contributed by atoms with E-state index < -0.39 is 10.7 Å². The average molecular weight is 474 g/mol. The lowest BCUT2D eigenvalue weighted by molar-refractivity contribution is -0.385. The van der Waals surface area contributed by atoms with E-state index in [4.69, 9.17) is 9.47 Å². The SMILES string of the molecule is CCCCOc1nc(NCCN2CCOCC2)c2ncn(Cc3c(F)cccc3[N+](=O)[O-])c2n1. The monoisotopic (exact) mass is 473 g/mol. The van der Waals surface area contributed by atoms with Crippen molar-refractivity contribution in [3.63, 3.8) is 0 Å². The zero-order valence-corrected chi connectivity index (χ0v) is 19.1. The lowest BCUT2D eigenvalue weighted by atomic mass is 10.1. The number of hydrogen-bond acceptors (Lipinski definition) is 9. The van der Waals surface area contributed by atoms with Crippen LogP contribution in [-0.4, -0.2) is 75.3 Å². The lowest BCUT2D eigenvalue weighted by Crippen LogP contribution is -2.39. The molecule has 0 saturated carbocycles. The van der Waals surface area contributed by atoms with Gasteiger partial charge < -0.3 is 19.4 Å². The van der Waals surface area contributed by atoms with Gasteiger partial charge in [-0.25, -0.2) is 9.37 Å². The molecule has 182 valence electrons. The molecule has 11 nitrogen and oxygen atoms in total. The van der Waals surface area contributed by atoms with Gasteiger partial charge >= 0.3 is 6.01 Å². The van der Waals surface area contributed by atoms with E-state index in [0.29, 0.717) is 30.1 Å². The summed E-state index contributed by atoms with van der Waals surface area (Å²) in [6.07, 6.45) is 3.29. The number of nitrogens with one attached hydrogen (secondary N) is 1.